The van der Waals surface area contributed by atoms with Gasteiger partial charge in [-0.05, 0) is 18.1 Å². The van der Waals surface area contributed by atoms with Crippen LogP contribution in [0.1, 0.15) is 25.8 Å². The normalized spacial score (nSPS) is 12.6. The topological polar surface area (TPSA) is 9.23 Å². The van der Waals surface area contributed by atoms with E-state index >= 15 is 0 Å². The van der Waals surface area contributed by atoms with Gasteiger partial charge in [0.15, 0.2) is 0 Å². The predicted octanol–water partition coefficient (Wildman–Crippen LogP) is 5.31. The quantitative estimate of drug-likeness (QED) is 0.666. The van der Waals surface area contributed by atoms with Gasteiger partial charge in [0.2, 0.25) is 0 Å². The molecule has 1 nitrogen and oxygen atoms in total. The Hall–Kier alpha value is 0.0800. The van der Waals surface area contributed by atoms with E-state index in [4.69, 9.17) is 27.9 Å². The van der Waals surface area contributed by atoms with Gasteiger partial charge in [-0.2, -0.15) is 0 Å². The molecule has 1 unspecified atom stereocenters. The first-order valence-electron chi connectivity index (χ1n) is 5.25. The minimum absolute atomic E-state index is 0.523. The van der Waals surface area contributed by atoms with Gasteiger partial charge in [-0.15, -0.1) is 0 Å². The van der Waals surface area contributed by atoms with Crippen LogP contribution in [0.3, 0.4) is 0 Å². The van der Waals surface area contributed by atoms with Gasteiger partial charge in [0.1, 0.15) is 5.75 Å². The summed E-state index contributed by atoms with van der Waals surface area (Å²) in [6.07, 6.45) is 1.09. The molecule has 16 heavy (non-hydrogen) atoms. The summed E-state index contributed by atoms with van der Waals surface area (Å²) in [4.78, 5) is 0. The van der Waals surface area contributed by atoms with Crippen molar-refractivity contribution in [2.75, 3.05) is 6.61 Å². The fraction of sp³-hybridized carbons (Fsp3) is 0.500. The van der Waals surface area contributed by atoms with Crippen molar-refractivity contribution >= 4 is 39.1 Å². The lowest BCUT2D eigenvalue weighted by Crippen LogP contribution is -2.08. The van der Waals surface area contributed by atoms with Gasteiger partial charge in [-0.3, -0.25) is 0 Å². The van der Waals surface area contributed by atoms with Crippen molar-refractivity contribution in [3.63, 3.8) is 0 Å². The average Bonchev–Trinajstić information content (AvgIpc) is 2.26. The molecule has 0 saturated carbocycles. The van der Waals surface area contributed by atoms with Gasteiger partial charge >= 0.3 is 0 Å². The van der Waals surface area contributed by atoms with Crippen molar-refractivity contribution in [3.05, 3.63) is 27.7 Å². The van der Waals surface area contributed by atoms with Crippen LogP contribution in [0.4, 0.5) is 0 Å². The van der Waals surface area contributed by atoms with Crippen molar-refractivity contribution in [2.24, 2.45) is 5.92 Å². The summed E-state index contributed by atoms with van der Waals surface area (Å²) in [5.41, 5.74) is 0.987. The van der Waals surface area contributed by atoms with Crippen molar-refractivity contribution in [1.29, 1.82) is 0 Å². The van der Waals surface area contributed by atoms with E-state index in [1.165, 1.54) is 0 Å². The zero-order valence-electron chi connectivity index (χ0n) is 9.40. The molecule has 1 aromatic rings. The summed E-state index contributed by atoms with van der Waals surface area (Å²) in [7, 11) is 0. The summed E-state index contributed by atoms with van der Waals surface area (Å²) in [5, 5.41) is 1.89. The molecule has 0 spiro atoms. The third-order valence-electron chi connectivity index (χ3n) is 2.44. The fourth-order valence-corrected chi connectivity index (χ4v) is 2.22. The predicted molar refractivity (Wildman–Crippen MR) is 74.0 cm³/mol. The van der Waals surface area contributed by atoms with Crippen LogP contribution in [0.2, 0.25) is 10.0 Å². The van der Waals surface area contributed by atoms with Crippen molar-refractivity contribution < 1.29 is 4.74 Å². The van der Waals surface area contributed by atoms with Gasteiger partial charge in [0, 0.05) is 15.9 Å². The van der Waals surface area contributed by atoms with Crippen LogP contribution in [-0.2, 0) is 5.33 Å². The van der Waals surface area contributed by atoms with Crippen LogP contribution in [0, 0.1) is 5.92 Å². The molecule has 1 aromatic carbocycles. The Morgan fingerprint density at radius 1 is 1.38 bits per heavy atom. The lowest BCUT2D eigenvalue weighted by atomic mass is 10.1. The Balaban J connectivity index is 2.85. The molecule has 0 amide bonds. The van der Waals surface area contributed by atoms with Gasteiger partial charge < -0.3 is 4.74 Å². The Bertz CT molecular complexity index is 355. The Morgan fingerprint density at radius 3 is 2.62 bits per heavy atom. The molecule has 90 valence electrons. The number of ether oxygens (including phenoxy) is 1. The molecule has 0 radical (unpaired) electrons. The number of benzene rings is 1. The first kappa shape index (κ1) is 14.1. The Labute approximate surface area is 115 Å². The molecular formula is C12H15BrCl2O. The van der Waals surface area contributed by atoms with Crippen molar-refractivity contribution in [2.45, 2.75) is 25.6 Å². The molecule has 0 aliphatic rings. The highest BCUT2D eigenvalue weighted by Crippen LogP contribution is 2.34. The second-order valence-electron chi connectivity index (χ2n) is 3.83. The maximum atomic E-state index is 6.11. The lowest BCUT2D eigenvalue weighted by molar-refractivity contribution is 0.255. The molecule has 0 heterocycles. The molecule has 1 rings (SSSR count). The molecule has 0 bridgehead atoms. The van der Waals surface area contributed by atoms with Crippen LogP contribution < -0.4 is 4.74 Å². The molecule has 0 aliphatic heterocycles. The first-order valence-corrected chi connectivity index (χ1v) is 7.12. The van der Waals surface area contributed by atoms with Crippen molar-refractivity contribution in [1.82, 2.24) is 0 Å². The van der Waals surface area contributed by atoms with Gasteiger partial charge in [-0.25, -0.2) is 0 Å². The second-order valence-corrected chi connectivity index (χ2v) is 5.24. The number of rotatable bonds is 5. The highest BCUT2D eigenvalue weighted by atomic mass is 79.9. The molecule has 0 fully saturated rings. The minimum Gasteiger partial charge on any atom is -0.491 e. The third kappa shape index (κ3) is 3.83. The molecule has 1 atom stereocenters. The summed E-state index contributed by atoms with van der Waals surface area (Å²) in [6, 6.07) is 3.58. The molecule has 0 aliphatic carbocycles. The van der Waals surface area contributed by atoms with Gasteiger partial charge in [0.05, 0.1) is 11.6 Å². The zero-order chi connectivity index (χ0) is 12.1. The Morgan fingerprint density at radius 2 is 2.06 bits per heavy atom. The van der Waals surface area contributed by atoms with E-state index in [0.29, 0.717) is 27.9 Å². The summed E-state index contributed by atoms with van der Waals surface area (Å²) in [6.45, 7) is 4.97. The van der Waals surface area contributed by atoms with Crippen LogP contribution >= 0.6 is 39.1 Å². The molecule has 0 aromatic heterocycles. The maximum Gasteiger partial charge on any atom is 0.142 e. The van der Waals surface area contributed by atoms with Crippen LogP contribution in [0.25, 0.3) is 0 Å². The Kier molecular flexibility index (Phi) is 5.95. The van der Waals surface area contributed by atoms with E-state index < -0.39 is 0 Å². The summed E-state index contributed by atoms with van der Waals surface area (Å²) < 4.78 is 5.75. The van der Waals surface area contributed by atoms with Crippen molar-refractivity contribution in [3.8, 4) is 5.75 Å². The van der Waals surface area contributed by atoms with Crippen LogP contribution in [-0.4, -0.2) is 6.61 Å². The average molecular weight is 326 g/mol. The first-order chi connectivity index (χ1) is 7.58. The van der Waals surface area contributed by atoms with Gasteiger partial charge in [-0.1, -0.05) is 59.4 Å². The lowest BCUT2D eigenvalue weighted by Gasteiger charge is -2.15. The summed E-state index contributed by atoms with van der Waals surface area (Å²) >= 11 is 15.4. The van der Waals surface area contributed by atoms with Gasteiger partial charge in [0.25, 0.3) is 0 Å². The minimum atomic E-state index is 0.523. The largest absolute Gasteiger partial charge is 0.491 e. The third-order valence-corrected chi connectivity index (χ3v) is 3.54. The van der Waals surface area contributed by atoms with E-state index in [-0.39, 0.29) is 0 Å². The monoisotopic (exact) mass is 324 g/mol. The SMILES string of the molecule is CCC(C)COc1c(Cl)cc(Cl)cc1CBr. The number of halogens is 3. The fourth-order valence-electron chi connectivity index (χ4n) is 1.22. The van der Waals surface area contributed by atoms with E-state index in [0.717, 1.165) is 17.7 Å². The maximum absolute atomic E-state index is 6.11. The van der Waals surface area contributed by atoms with E-state index in [1.54, 1.807) is 6.07 Å². The van der Waals surface area contributed by atoms with E-state index in [9.17, 15) is 0 Å². The molecule has 0 N–H and O–H groups in total. The highest BCUT2D eigenvalue weighted by molar-refractivity contribution is 9.08. The second kappa shape index (κ2) is 6.73. The molecular weight excluding hydrogens is 311 g/mol. The highest BCUT2D eigenvalue weighted by Gasteiger charge is 2.11. The number of hydrogen-bond acceptors (Lipinski definition) is 1. The summed E-state index contributed by atoms with van der Waals surface area (Å²) in [5.74, 6) is 1.26. The number of alkyl halides is 1. The molecule has 4 heteroatoms. The van der Waals surface area contributed by atoms with Crippen LogP contribution in [0.15, 0.2) is 12.1 Å². The molecule has 0 saturated heterocycles. The van der Waals surface area contributed by atoms with E-state index in [2.05, 4.69) is 29.8 Å². The van der Waals surface area contributed by atoms with Crippen LogP contribution in [0.5, 0.6) is 5.75 Å². The smallest absolute Gasteiger partial charge is 0.142 e. The standard InChI is InChI=1S/C12H15BrCl2O/c1-3-8(2)7-16-12-9(6-13)4-10(14)5-11(12)15/h4-5,8H,3,6-7H2,1-2H3. The number of hydrogen-bond donors (Lipinski definition) is 0. The zero-order valence-corrected chi connectivity index (χ0v) is 12.5. The van der Waals surface area contributed by atoms with E-state index in [1.807, 2.05) is 6.07 Å².